The van der Waals surface area contributed by atoms with E-state index < -0.39 is 0 Å². The fourth-order valence-electron chi connectivity index (χ4n) is 2.71. The van der Waals surface area contributed by atoms with Gasteiger partial charge >= 0.3 is 0 Å². The molecule has 4 aromatic rings. The van der Waals surface area contributed by atoms with E-state index in [-0.39, 0.29) is 0 Å². The van der Waals surface area contributed by atoms with Crippen LogP contribution >= 0.6 is 39.0 Å². The smallest absolute Gasteiger partial charge is 0.214 e. The average molecular weight is 490 g/mol. The van der Waals surface area contributed by atoms with Crippen LogP contribution in [0.25, 0.3) is 16.3 Å². The molecule has 0 radical (unpaired) electrons. The van der Waals surface area contributed by atoms with E-state index in [9.17, 15) is 0 Å². The summed E-state index contributed by atoms with van der Waals surface area (Å²) in [4.78, 5) is 4.76. The van der Waals surface area contributed by atoms with E-state index in [0.717, 1.165) is 32.2 Å². The summed E-state index contributed by atoms with van der Waals surface area (Å²) in [6, 6.07) is 13.5. The molecule has 0 atom stereocenters. The number of hydrogen-bond acceptors (Lipinski definition) is 8. The number of methoxy groups -OCH3 is 2. The second-order valence-electron chi connectivity index (χ2n) is 5.82. The van der Waals surface area contributed by atoms with Gasteiger partial charge in [0.05, 0.1) is 25.5 Å². The molecule has 0 aliphatic carbocycles. The van der Waals surface area contributed by atoms with Gasteiger partial charge in [-0.1, -0.05) is 39.8 Å². The number of thioether (sulfide) groups is 1. The van der Waals surface area contributed by atoms with Gasteiger partial charge in [0, 0.05) is 15.6 Å². The number of hydrogen-bond donors (Lipinski definition) is 0. The Bertz CT molecular complexity index is 1130. The highest BCUT2D eigenvalue weighted by atomic mass is 79.9. The van der Waals surface area contributed by atoms with E-state index in [1.807, 2.05) is 47.8 Å². The van der Waals surface area contributed by atoms with E-state index in [1.165, 1.54) is 11.8 Å². The molecular formula is C19H16BrN5O2S2. The second kappa shape index (κ2) is 8.93. The maximum Gasteiger partial charge on any atom is 0.214 e. The molecule has 0 N–H and O–H groups in total. The third kappa shape index (κ3) is 4.29. The first kappa shape index (κ1) is 19.9. The summed E-state index contributed by atoms with van der Waals surface area (Å²) in [6.45, 7) is 0. The molecule has 0 aliphatic rings. The van der Waals surface area contributed by atoms with Gasteiger partial charge in [0.1, 0.15) is 22.2 Å². The van der Waals surface area contributed by atoms with Gasteiger partial charge < -0.3 is 9.47 Å². The lowest BCUT2D eigenvalue weighted by Crippen LogP contribution is -2.01. The molecule has 0 aliphatic heterocycles. The number of aromatic nitrogens is 5. The van der Waals surface area contributed by atoms with E-state index in [0.29, 0.717) is 16.7 Å². The lowest BCUT2D eigenvalue weighted by molar-refractivity contribution is 0.410. The molecule has 0 amide bonds. The molecule has 0 spiro atoms. The molecule has 7 nitrogen and oxygen atoms in total. The first-order chi connectivity index (χ1) is 14.2. The van der Waals surface area contributed by atoms with Crippen molar-refractivity contribution in [2.75, 3.05) is 14.2 Å². The van der Waals surface area contributed by atoms with E-state index in [1.54, 1.807) is 30.2 Å². The standard InChI is InChI=1S/C19H16BrN5O2S2/c1-26-16-8-7-12(20)9-14(16)18-21-13(10-28-18)11-29-19-22-23-24-25(19)15-5-3-4-6-17(15)27-2/h3-10H,11H2,1-2H3. The monoisotopic (exact) mass is 489 g/mol. The van der Waals surface area contributed by atoms with Gasteiger partial charge in [-0.2, -0.15) is 4.68 Å². The van der Waals surface area contributed by atoms with Crippen LogP contribution in [-0.4, -0.2) is 39.4 Å². The third-order valence-electron chi connectivity index (χ3n) is 4.05. The summed E-state index contributed by atoms with van der Waals surface area (Å²) < 4.78 is 13.5. The minimum atomic E-state index is 0.641. The van der Waals surface area contributed by atoms with Crippen molar-refractivity contribution in [2.24, 2.45) is 0 Å². The van der Waals surface area contributed by atoms with Crippen molar-refractivity contribution in [1.29, 1.82) is 0 Å². The topological polar surface area (TPSA) is 75.0 Å². The fraction of sp³-hybridized carbons (Fsp3) is 0.158. The zero-order valence-corrected chi connectivity index (χ0v) is 18.8. The Kier molecular flexibility index (Phi) is 6.12. The SMILES string of the molecule is COc1ccc(Br)cc1-c1nc(CSc2nnnn2-c2ccccc2OC)cs1. The van der Waals surface area contributed by atoms with E-state index in [2.05, 4.69) is 31.5 Å². The second-order valence-corrected chi connectivity index (χ2v) is 8.54. The molecular weight excluding hydrogens is 474 g/mol. The number of nitrogens with zero attached hydrogens (tertiary/aromatic N) is 5. The summed E-state index contributed by atoms with van der Waals surface area (Å²) in [5.74, 6) is 2.14. The highest BCUT2D eigenvalue weighted by molar-refractivity contribution is 9.10. The van der Waals surface area contributed by atoms with E-state index in [4.69, 9.17) is 14.5 Å². The molecule has 2 aromatic heterocycles. The van der Waals surface area contributed by atoms with Crippen LogP contribution in [0.15, 0.2) is 57.5 Å². The Morgan fingerprint density at radius 2 is 1.93 bits per heavy atom. The lowest BCUT2D eigenvalue weighted by Gasteiger charge is -2.08. The summed E-state index contributed by atoms with van der Waals surface area (Å²) in [7, 11) is 3.29. The van der Waals surface area contributed by atoms with Crippen LogP contribution in [0.4, 0.5) is 0 Å². The maximum atomic E-state index is 5.47. The third-order valence-corrected chi connectivity index (χ3v) is 6.42. The molecule has 2 heterocycles. The Hall–Kier alpha value is -2.43. The van der Waals surface area contributed by atoms with Crippen LogP contribution in [0.5, 0.6) is 11.5 Å². The molecule has 2 aromatic carbocycles. The van der Waals surface area contributed by atoms with Crippen molar-refractivity contribution in [3.63, 3.8) is 0 Å². The molecule has 148 valence electrons. The Balaban J connectivity index is 1.54. The molecule has 29 heavy (non-hydrogen) atoms. The van der Waals surface area contributed by atoms with Gasteiger partial charge in [0.25, 0.3) is 0 Å². The van der Waals surface area contributed by atoms with Crippen LogP contribution in [0.2, 0.25) is 0 Å². The van der Waals surface area contributed by atoms with Crippen molar-refractivity contribution < 1.29 is 9.47 Å². The molecule has 0 fully saturated rings. The van der Waals surface area contributed by atoms with Gasteiger partial charge in [-0.15, -0.1) is 16.4 Å². The largest absolute Gasteiger partial charge is 0.496 e. The van der Waals surface area contributed by atoms with Gasteiger partial charge in [0.15, 0.2) is 0 Å². The Morgan fingerprint density at radius 3 is 2.76 bits per heavy atom. The highest BCUT2D eigenvalue weighted by Gasteiger charge is 2.15. The van der Waals surface area contributed by atoms with Gasteiger partial charge in [0.2, 0.25) is 5.16 Å². The predicted octanol–water partition coefficient (Wildman–Crippen LogP) is 4.86. The number of ether oxygens (including phenoxy) is 2. The molecule has 4 rings (SSSR count). The zero-order chi connectivity index (χ0) is 20.2. The molecule has 0 saturated heterocycles. The van der Waals surface area contributed by atoms with Crippen LogP contribution in [0.3, 0.4) is 0 Å². The summed E-state index contributed by atoms with van der Waals surface area (Å²) in [5, 5.41) is 15.7. The summed E-state index contributed by atoms with van der Waals surface area (Å²) in [5.41, 5.74) is 2.70. The lowest BCUT2D eigenvalue weighted by atomic mass is 10.2. The van der Waals surface area contributed by atoms with Crippen LogP contribution in [0.1, 0.15) is 5.69 Å². The maximum absolute atomic E-state index is 5.47. The summed E-state index contributed by atoms with van der Waals surface area (Å²) >= 11 is 6.61. The number of tetrazole rings is 1. The average Bonchev–Trinajstić information content (AvgIpc) is 3.41. The van der Waals surface area contributed by atoms with Crippen molar-refractivity contribution in [3.05, 3.63) is 58.0 Å². The highest BCUT2D eigenvalue weighted by Crippen LogP contribution is 2.35. The van der Waals surface area contributed by atoms with Crippen molar-refractivity contribution in [1.82, 2.24) is 25.2 Å². The summed E-state index contributed by atoms with van der Waals surface area (Å²) in [6.07, 6.45) is 0. The zero-order valence-electron chi connectivity index (χ0n) is 15.6. The van der Waals surface area contributed by atoms with Gasteiger partial charge in [-0.3, -0.25) is 0 Å². The normalized spacial score (nSPS) is 10.9. The van der Waals surface area contributed by atoms with Crippen molar-refractivity contribution in [3.8, 4) is 27.8 Å². The number of benzene rings is 2. The number of rotatable bonds is 7. The fourth-order valence-corrected chi connectivity index (χ4v) is 4.79. The number of para-hydroxylation sites is 2. The van der Waals surface area contributed by atoms with Crippen molar-refractivity contribution in [2.45, 2.75) is 10.9 Å². The van der Waals surface area contributed by atoms with Crippen LogP contribution in [-0.2, 0) is 5.75 Å². The first-order valence-electron chi connectivity index (χ1n) is 8.52. The van der Waals surface area contributed by atoms with Gasteiger partial charge in [-0.05, 0) is 40.8 Å². The minimum absolute atomic E-state index is 0.641. The molecule has 0 bridgehead atoms. The van der Waals surface area contributed by atoms with Crippen LogP contribution in [0, 0.1) is 0 Å². The molecule has 0 unspecified atom stereocenters. The quantitative estimate of drug-likeness (QED) is 0.343. The minimum Gasteiger partial charge on any atom is -0.496 e. The van der Waals surface area contributed by atoms with Crippen LogP contribution < -0.4 is 9.47 Å². The first-order valence-corrected chi connectivity index (χ1v) is 11.2. The van der Waals surface area contributed by atoms with E-state index >= 15 is 0 Å². The Labute approximate surface area is 184 Å². The van der Waals surface area contributed by atoms with Crippen molar-refractivity contribution >= 4 is 39.0 Å². The molecule has 0 saturated carbocycles. The number of thiazole rings is 1. The predicted molar refractivity (Wildman–Crippen MR) is 117 cm³/mol. The van der Waals surface area contributed by atoms with Gasteiger partial charge in [-0.25, -0.2) is 4.98 Å². The number of halogens is 1. The Morgan fingerprint density at radius 1 is 1.10 bits per heavy atom. The molecule has 10 heteroatoms.